The molecule has 0 aliphatic carbocycles. The Morgan fingerprint density at radius 1 is 1.29 bits per heavy atom. The molecule has 1 aromatic heterocycles. The van der Waals surface area contributed by atoms with Gasteiger partial charge in [-0.2, -0.15) is 5.26 Å². The van der Waals surface area contributed by atoms with Crippen molar-refractivity contribution in [1.29, 1.82) is 5.26 Å². The van der Waals surface area contributed by atoms with Crippen LogP contribution in [0.5, 0.6) is 11.5 Å². The van der Waals surface area contributed by atoms with Crippen molar-refractivity contribution in [2.45, 2.75) is 0 Å². The van der Waals surface area contributed by atoms with Crippen LogP contribution in [0, 0.1) is 17.1 Å². The largest absolute Gasteiger partial charge is 0.451 e. The Balaban J connectivity index is 2.39. The molecule has 1 aromatic carbocycles. The van der Waals surface area contributed by atoms with Gasteiger partial charge < -0.3 is 4.74 Å². The molecule has 1 heterocycles. The van der Waals surface area contributed by atoms with Gasteiger partial charge in [0.25, 0.3) is 0 Å². The third-order valence-electron chi connectivity index (χ3n) is 2.04. The molecule has 0 bridgehead atoms. The number of nitriles is 1. The lowest BCUT2D eigenvalue weighted by atomic mass is 10.2. The Bertz CT molecular complexity index is 595. The lowest BCUT2D eigenvalue weighted by molar-refractivity contribution is 0.439. The van der Waals surface area contributed by atoms with Crippen molar-refractivity contribution in [2.24, 2.45) is 0 Å². The number of benzene rings is 1. The highest BCUT2D eigenvalue weighted by Gasteiger charge is 2.10. The van der Waals surface area contributed by atoms with Gasteiger partial charge in [-0.3, -0.25) is 4.98 Å². The standard InChI is InChI=1S/C12H6ClFN2O/c13-9-2-1-3-10(12(9)14)17-11-7-16-5-4-8(11)6-15/h1-5,7H. The van der Waals surface area contributed by atoms with E-state index in [2.05, 4.69) is 4.98 Å². The second-order valence-corrected chi connectivity index (χ2v) is 3.54. The fourth-order valence-corrected chi connectivity index (χ4v) is 1.40. The summed E-state index contributed by atoms with van der Waals surface area (Å²) >= 11 is 5.62. The van der Waals surface area contributed by atoms with Crippen LogP contribution >= 0.6 is 11.6 Å². The molecule has 2 aromatic rings. The summed E-state index contributed by atoms with van der Waals surface area (Å²) in [4.78, 5) is 3.81. The van der Waals surface area contributed by atoms with Crippen LogP contribution in [0.2, 0.25) is 5.02 Å². The summed E-state index contributed by atoms with van der Waals surface area (Å²) in [6.07, 6.45) is 2.80. The van der Waals surface area contributed by atoms with E-state index in [-0.39, 0.29) is 22.1 Å². The van der Waals surface area contributed by atoms with E-state index in [1.807, 2.05) is 6.07 Å². The first-order chi connectivity index (χ1) is 8.22. The van der Waals surface area contributed by atoms with Gasteiger partial charge in [-0.1, -0.05) is 17.7 Å². The van der Waals surface area contributed by atoms with Crippen LogP contribution in [0.4, 0.5) is 4.39 Å². The second kappa shape index (κ2) is 4.81. The summed E-state index contributed by atoms with van der Waals surface area (Å²) in [5.74, 6) is -0.514. The number of hydrogen-bond acceptors (Lipinski definition) is 3. The molecule has 17 heavy (non-hydrogen) atoms. The van der Waals surface area contributed by atoms with E-state index in [1.54, 1.807) is 6.07 Å². The molecule has 5 heteroatoms. The topological polar surface area (TPSA) is 45.9 Å². The van der Waals surface area contributed by atoms with Crippen molar-refractivity contribution < 1.29 is 9.13 Å². The monoisotopic (exact) mass is 248 g/mol. The van der Waals surface area contributed by atoms with Crippen molar-refractivity contribution in [2.75, 3.05) is 0 Å². The molecular formula is C12H6ClFN2O. The first-order valence-corrected chi connectivity index (χ1v) is 5.06. The maximum Gasteiger partial charge on any atom is 0.184 e. The highest BCUT2D eigenvalue weighted by Crippen LogP contribution is 2.29. The fourth-order valence-electron chi connectivity index (χ4n) is 1.23. The van der Waals surface area contributed by atoms with E-state index in [1.165, 1.54) is 30.6 Å². The molecule has 2 rings (SSSR count). The van der Waals surface area contributed by atoms with Crippen molar-refractivity contribution in [3.63, 3.8) is 0 Å². The van der Waals surface area contributed by atoms with Gasteiger partial charge in [0.1, 0.15) is 6.07 Å². The summed E-state index contributed by atoms with van der Waals surface area (Å²) in [5.41, 5.74) is 0.277. The zero-order valence-corrected chi connectivity index (χ0v) is 9.28. The van der Waals surface area contributed by atoms with Crippen molar-refractivity contribution in [1.82, 2.24) is 4.98 Å². The van der Waals surface area contributed by atoms with E-state index >= 15 is 0 Å². The minimum Gasteiger partial charge on any atom is -0.451 e. The third-order valence-corrected chi connectivity index (χ3v) is 2.33. The van der Waals surface area contributed by atoms with Gasteiger partial charge in [0.2, 0.25) is 0 Å². The van der Waals surface area contributed by atoms with Gasteiger partial charge >= 0.3 is 0 Å². The minimum absolute atomic E-state index is 0.0371. The van der Waals surface area contributed by atoms with Crippen LogP contribution in [0.3, 0.4) is 0 Å². The number of halogens is 2. The zero-order valence-electron chi connectivity index (χ0n) is 8.52. The zero-order chi connectivity index (χ0) is 12.3. The van der Waals surface area contributed by atoms with Gasteiger partial charge in [-0.05, 0) is 18.2 Å². The van der Waals surface area contributed by atoms with Crippen LogP contribution in [0.25, 0.3) is 0 Å². The molecule has 0 amide bonds. The lowest BCUT2D eigenvalue weighted by Gasteiger charge is -2.07. The lowest BCUT2D eigenvalue weighted by Crippen LogP contribution is -1.92. The first kappa shape index (κ1) is 11.4. The molecule has 0 spiro atoms. The average Bonchev–Trinajstić information content (AvgIpc) is 2.35. The van der Waals surface area contributed by atoms with Gasteiger partial charge in [0, 0.05) is 6.20 Å². The molecule has 84 valence electrons. The molecule has 0 aliphatic heterocycles. The third kappa shape index (κ3) is 2.35. The second-order valence-electron chi connectivity index (χ2n) is 3.14. The Morgan fingerprint density at radius 2 is 2.12 bits per heavy atom. The number of rotatable bonds is 2. The van der Waals surface area contributed by atoms with E-state index in [0.29, 0.717) is 0 Å². The minimum atomic E-state index is -0.665. The predicted octanol–water partition coefficient (Wildman–Crippen LogP) is 3.54. The summed E-state index contributed by atoms with van der Waals surface area (Å²) in [6, 6.07) is 7.81. The predicted molar refractivity (Wildman–Crippen MR) is 60.4 cm³/mol. The van der Waals surface area contributed by atoms with E-state index in [9.17, 15) is 4.39 Å². The van der Waals surface area contributed by atoms with Crippen molar-refractivity contribution in [3.05, 3.63) is 53.1 Å². The quantitative estimate of drug-likeness (QED) is 0.817. The molecule has 0 saturated carbocycles. The van der Waals surface area contributed by atoms with E-state index in [4.69, 9.17) is 21.6 Å². The SMILES string of the molecule is N#Cc1ccncc1Oc1cccc(Cl)c1F. The molecule has 0 radical (unpaired) electrons. The van der Waals surface area contributed by atoms with Crippen LogP contribution in [0.15, 0.2) is 36.7 Å². The number of ether oxygens (including phenoxy) is 1. The van der Waals surface area contributed by atoms with Crippen LogP contribution in [0.1, 0.15) is 5.56 Å². The summed E-state index contributed by atoms with van der Waals surface area (Å²) < 4.78 is 18.8. The summed E-state index contributed by atoms with van der Waals surface area (Å²) in [6.45, 7) is 0. The molecule has 0 saturated heterocycles. The fraction of sp³-hybridized carbons (Fsp3) is 0. The molecular weight excluding hydrogens is 243 g/mol. The Kier molecular flexibility index (Phi) is 3.22. The van der Waals surface area contributed by atoms with Crippen molar-refractivity contribution in [3.8, 4) is 17.6 Å². The maximum absolute atomic E-state index is 13.6. The van der Waals surface area contributed by atoms with Gasteiger partial charge in [0.05, 0.1) is 16.8 Å². The Morgan fingerprint density at radius 3 is 2.88 bits per heavy atom. The highest BCUT2D eigenvalue weighted by atomic mass is 35.5. The first-order valence-electron chi connectivity index (χ1n) is 4.68. The average molecular weight is 249 g/mol. The highest BCUT2D eigenvalue weighted by molar-refractivity contribution is 6.30. The van der Waals surface area contributed by atoms with Gasteiger partial charge in [-0.15, -0.1) is 0 Å². The summed E-state index contributed by atoms with van der Waals surface area (Å²) in [7, 11) is 0. The normalized spacial score (nSPS) is 9.71. The van der Waals surface area contributed by atoms with Gasteiger partial charge in [0.15, 0.2) is 17.3 Å². The molecule has 0 aliphatic rings. The molecule has 0 unspecified atom stereocenters. The van der Waals surface area contributed by atoms with Crippen LogP contribution in [-0.2, 0) is 0 Å². The molecule has 0 N–H and O–H groups in total. The number of aromatic nitrogens is 1. The number of hydrogen-bond donors (Lipinski definition) is 0. The van der Waals surface area contributed by atoms with Crippen molar-refractivity contribution >= 4 is 11.6 Å². The molecule has 0 atom stereocenters. The van der Waals surface area contributed by atoms with Gasteiger partial charge in [-0.25, -0.2) is 4.39 Å². The molecule has 0 fully saturated rings. The number of pyridine rings is 1. The summed E-state index contributed by atoms with van der Waals surface area (Å²) in [5, 5.41) is 8.81. The Hall–Kier alpha value is -2.12. The van der Waals surface area contributed by atoms with Crippen LogP contribution < -0.4 is 4.74 Å². The van der Waals surface area contributed by atoms with Crippen LogP contribution in [-0.4, -0.2) is 4.98 Å². The maximum atomic E-state index is 13.6. The van der Waals surface area contributed by atoms with E-state index in [0.717, 1.165) is 0 Å². The smallest absolute Gasteiger partial charge is 0.184 e. The van der Waals surface area contributed by atoms with E-state index < -0.39 is 5.82 Å². The number of nitrogens with zero attached hydrogens (tertiary/aromatic N) is 2. The molecule has 3 nitrogen and oxygen atoms in total. The Labute approximate surface area is 102 Å².